The maximum absolute atomic E-state index is 12.2. The molecule has 1 N–H and O–H groups in total. The van der Waals surface area contributed by atoms with E-state index in [1.54, 1.807) is 12.1 Å². The van der Waals surface area contributed by atoms with Gasteiger partial charge in [-0.25, -0.2) is 4.79 Å². The first-order valence-electron chi connectivity index (χ1n) is 7.19. The summed E-state index contributed by atoms with van der Waals surface area (Å²) < 4.78 is 6.90. The average Bonchev–Trinajstić information content (AvgIpc) is 2.55. The normalized spacial score (nSPS) is 10.4. The largest absolute Gasteiger partial charge is 0.495 e. The fourth-order valence-electron chi connectivity index (χ4n) is 2.20. The van der Waals surface area contributed by atoms with Gasteiger partial charge < -0.3 is 10.1 Å². The summed E-state index contributed by atoms with van der Waals surface area (Å²) in [6.45, 7) is 0.825. The zero-order chi connectivity index (χ0) is 18.7. The number of nitrogens with one attached hydrogen (secondary N) is 1. The monoisotopic (exact) mass is 365 g/mol. The summed E-state index contributed by atoms with van der Waals surface area (Å²) in [5.41, 5.74) is -1.24. The fourth-order valence-corrected chi connectivity index (χ4v) is 2.38. The van der Waals surface area contributed by atoms with E-state index >= 15 is 0 Å². The van der Waals surface area contributed by atoms with Gasteiger partial charge in [0.25, 0.3) is 5.56 Å². The van der Waals surface area contributed by atoms with Crippen molar-refractivity contribution < 1.29 is 14.3 Å². The minimum Gasteiger partial charge on any atom is -0.495 e. The average molecular weight is 366 g/mol. The van der Waals surface area contributed by atoms with E-state index in [9.17, 15) is 19.2 Å². The van der Waals surface area contributed by atoms with Gasteiger partial charge in [0.2, 0.25) is 5.91 Å². The van der Waals surface area contributed by atoms with E-state index in [-0.39, 0.29) is 12.1 Å². The van der Waals surface area contributed by atoms with Gasteiger partial charge >= 0.3 is 5.69 Å². The number of methoxy groups -OCH3 is 1. The minimum absolute atomic E-state index is 0.171. The minimum atomic E-state index is -0.705. The SMILES string of the molecule is COc1ccc(Cl)cc1NC(=O)Cn1cc(C(C)=O)c(=O)n(C)c1=O. The number of ketones is 1. The lowest BCUT2D eigenvalue weighted by atomic mass is 10.2. The van der Waals surface area contributed by atoms with E-state index in [1.807, 2.05) is 0 Å². The first-order chi connectivity index (χ1) is 11.7. The van der Waals surface area contributed by atoms with Gasteiger partial charge in [-0.15, -0.1) is 0 Å². The first kappa shape index (κ1) is 18.5. The number of rotatable bonds is 5. The van der Waals surface area contributed by atoms with Gasteiger partial charge in [-0.1, -0.05) is 11.6 Å². The smallest absolute Gasteiger partial charge is 0.331 e. The van der Waals surface area contributed by atoms with Crippen molar-refractivity contribution in [2.24, 2.45) is 7.05 Å². The van der Waals surface area contributed by atoms with E-state index in [0.29, 0.717) is 16.5 Å². The van der Waals surface area contributed by atoms with Crippen molar-refractivity contribution in [1.82, 2.24) is 9.13 Å². The van der Waals surface area contributed by atoms with Crippen LogP contribution in [0.2, 0.25) is 5.02 Å². The summed E-state index contributed by atoms with van der Waals surface area (Å²) in [6.07, 6.45) is 1.09. The Bertz CT molecular complexity index is 961. The molecule has 0 radical (unpaired) electrons. The molecule has 9 heteroatoms. The molecule has 1 aromatic carbocycles. The summed E-state index contributed by atoms with van der Waals surface area (Å²) in [7, 11) is 2.68. The highest BCUT2D eigenvalue weighted by Gasteiger charge is 2.15. The lowest BCUT2D eigenvalue weighted by molar-refractivity contribution is -0.116. The molecule has 8 nitrogen and oxygen atoms in total. The van der Waals surface area contributed by atoms with Gasteiger partial charge in [0, 0.05) is 18.3 Å². The molecule has 0 spiro atoms. The highest BCUT2D eigenvalue weighted by atomic mass is 35.5. The van der Waals surface area contributed by atoms with Gasteiger partial charge in [-0.05, 0) is 25.1 Å². The number of benzene rings is 1. The number of anilines is 1. The van der Waals surface area contributed by atoms with Crippen LogP contribution in [-0.2, 0) is 18.4 Å². The third-order valence-electron chi connectivity index (χ3n) is 3.48. The molecule has 2 aromatic rings. The number of carbonyl (C=O) groups is 2. The van der Waals surface area contributed by atoms with Crippen LogP contribution in [0.15, 0.2) is 34.0 Å². The Kier molecular flexibility index (Phi) is 5.43. The number of carbonyl (C=O) groups excluding carboxylic acids is 2. The molecular formula is C16H16ClN3O5. The van der Waals surface area contributed by atoms with Crippen molar-refractivity contribution in [3.8, 4) is 5.75 Å². The zero-order valence-electron chi connectivity index (χ0n) is 13.8. The Hall–Kier alpha value is -2.87. The van der Waals surface area contributed by atoms with Crippen molar-refractivity contribution in [2.75, 3.05) is 12.4 Å². The Labute approximate surface area is 147 Å². The van der Waals surface area contributed by atoms with Crippen molar-refractivity contribution in [3.63, 3.8) is 0 Å². The number of ether oxygens (including phenoxy) is 1. The lowest BCUT2D eigenvalue weighted by Crippen LogP contribution is -2.41. The lowest BCUT2D eigenvalue weighted by Gasteiger charge is -2.12. The molecule has 0 atom stereocenters. The molecule has 1 aromatic heterocycles. The van der Waals surface area contributed by atoms with E-state index in [0.717, 1.165) is 15.3 Å². The summed E-state index contributed by atoms with van der Waals surface area (Å²) in [5.74, 6) is -0.642. The number of aromatic nitrogens is 2. The first-order valence-corrected chi connectivity index (χ1v) is 7.57. The molecule has 132 valence electrons. The van der Waals surface area contributed by atoms with Crippen LogP contribution in [0, 0.1) is 0 Å². The molecule has 1 heterocycles. The third kappa shape index (κ3) is 3.97. The number of nitrogens with zero attached hydrogens (tertiary/aromatic N) is 2. The summed E-state index contributed by atoms with van der Waals surface area (Å²) in [4.78, 5) is 47.8. The van der Waals surface area contributed by atoms with Crippen LogP contribution in [-0.4, -0.2) is 27.9 Å². The zero-order valence-corrected chi connectivity index (χ0v) is 14.6. The van der Waals surface area contributed by atoms with Gasteiger partial charge in [0.05, 0.1) is 18.4 Å². The third-order valence-corrected chi connectivity index (χ3v) is 3.72. The molecule has 1 amide bonds. The second-order valence-electron chi connectivity index (χ2n) is 5.27. The Morgan fingerprint density at radius 2 is 1.96 bits per heavy atom. The van der Waals surface area contributed by atoms with Gasteiger partial charge in [-0.3, -0.25) is 23.5 Å². The molecule has 0 saturated heterocycles. The molecule has 25 heavy (non-hydrogen) atoms. The standard InChI is InChI=1S/C16H16ClN3O5/c1-9(21)11-7-20(16(24)19(2)15(11)23)8-14(22)18-12-6-10(17)4-5-13(12)25-3/h4-7H,8H2,1-3H3,(H,18,22). The molecular weight excluding hydrogens is 350 g/mol. The Morgan fingerprint density at radius 1 is 1.28 bits per heavy atom. The number of halogens is 1. The van der Waals surface area contributed by atoms with Gasteiger partial charge in [-0.2, -0.15) is 0 Å². The van der Waals surface area contributed by atoms with Crippen LogP contribution in [0.4, 0.5) is 5.69 Å². The number of hydrogen-bond donors (Lipinski definition) is 1. The predicted molar refractivity (Wildman–Crippen MR) is 92.6 cm³/mol. The van der Waals surface area contributed by atoms with Crippen LogP contribution >= 0.6 is 11.6 Å². The Morgan fingerprint density at radius 3 is 2.56 bits per heavy atom. The predicted octanol–water partition coefficient (Wildman–Crippen LogP) is 1.05. The van der Waals surface area contributed by atoms with Crippen LogP contribution in [0.1, 0.15) is 17.3 Å². The van der Waals surface area contributed by atoms with Crippen LogP contribution < -0.4 is 21.3 Å². The molecule has 2 rings (SSSR count). The molecule has 0 aliphatic heterocycles. The summed E-state index contributed by atoms with van der Waals surface area (Å²) >= 11 is 5.90. The van der Waals surface area contributed by atoms with E-state index in [4.69, 9.17) is 16.3 Å². The Balaban J connectivity index is 2.33. The molecule has 0 unspecified atom stereocenters. The maximum atomic E-state index is 12.2. The van der Waals surface area contributed by atoms with Crippen molar-refractivity contribution in [1.29, 1.82) is 0 Å². The van der Waals surface area contributed by atoms with Crippen LogP contribution in [0.3, 0.4) is 0 Å². The van der Waals surface area contributed by atoms with E-state index in [1.165, 1.54) is 27.1 Å². The van der Waals surface area contributed by atoms with E-state index in [2.05, 4.69) is 5.32 Å². The summed E-state index contributed by atoms with van der Waals surface area (Å²) in [6, 6.07) is 4.69. The van der Waals surface area contributed by atoms with Crippen molar-refractivity contribution in [3.05, 3.63) is 55.8 Å². The molecule has 0 bridgehead atoms. The quantitative estimate of drug-likeness (QED) is 0.798. The topological polar surface area (TPSA) is 99.4 Å². The highest BCUT2D eigenvalue weighted by molar-refractivity contribution is 6.31. The van der Waals surface area contributed by atoms with Crippen LogP contribution in [0.5, 0.6) is 5.75 Å². The number of hydrogen-bond acceptors (Lipinski definition) is 5. The second kappa shape index (κ2) is 7.35. The molecule has 0 aliphatic rings. The van der Waals surface area contributed by atoms with Crippen molar-refractivity contribution >= 4 is 29.0 Å². The number of Topliss-reactive ketones (excluding diaryl/α,β-unsaturated/α-hetero) is 1. The van der Waals surface area contributed by atoms with Gasteiger partial charge in [0.15, 0.2) is 5.78 Å². The van der Waals surface area contributed by atoms with Crippen molar-refractivity contribution in [2.45, 2.75) is 13.5 Å². The second-order valence-corrected chi connectivity index (χ2v) is 5.70. The highest BCUT2D eigenvalue weighted by Crippen LogP contribution is 2.27. The van der Waals surface area contributed by atoms with Gasteiger partial charge in [0.1, 0.15) is 12.3 Å². The fraction of sp³-hybridized carbons (Fsp3) is 0.250. The summed E-state index contributed by atoms with van der Waals surface area (Å²) in [5, 5.41) is 2.98. The van der Waals surface area contributed by atoms with Crippen LogP contribution in [0.25, 0.3) is 0 Å². The molecule has 0 aliphatic carbocycles. The number of amides is 1. The maximum Gasteiger partial charge on any atom is 0.331 e. The van der Waals surface area contributed by atoms with E-state index < -0.39 is 22.9 Å². The molecule has 0 saturated carbocycles. The molecule has 0 fully saturated rings.